The number of fused-ring (bicyclic) bond motifs is 1. The molecule has 0 N–H and O–H groups in total. The molecule has 0 amide bonds. The second-order valence-corrected chi connectivity index (χ2v) is 7.42. The normalized spacial score (nSPS) is 16.5. The molecule has 126 valence electrons. The molecule has 3 aromatic carbocycles. The quantitative estimate of drug-likeness (QED) is 0.502. The minimum atomic E-state index is 0.830. The van der Waals surface area contributed by atoms with Gasteiger partial charge >= 0.3 is 0 Å². The average molecular weight is 326 g/mol. The summed E-state index contributed by atoms with van der Waals surface area (Å²) in [4.78, 5) is 0. The summed E-state index contributed by atoms with van der Waals surface area (Å²) < 4.78 is 0. The van der Waals surface area contributed by atoms with Crippen molar-refractivity contribution in [3.63, 3.8) is 0 Å². The van der Waals surface area contributed by atoms with Gasteiger partial charge in [-0.25, -0.2) is 0 Å². The first-order valence-electron chi connectivity index (χ1n) is 9.55. The van der Waals surface area contributed by atoms with Crippen LogP contribution in [0.5, 0.6) is 0 Å². The Kier molecular flexibility index (Phi) is 4.44. The molecule has 1 aliphatic carbocycles. The van der Waals surface area contributed by atoms with Gasteiger partial charge in [-0.05, 0) is 70.5 Å². The molecule has 1 aliphatic rings. The molecule has 0 heterocycles. The van der Waals surface area contributed by atoms with Gasteiger partial charge in [-0.15, -0.1) is 0 Å². The summed E-state index contributed by atoms with van der Waals surface area (Å²) in [5, 5.41) is 0. The van der Waals surface area contributed by atoms with Crippen molar-refractivity contribution in [2.75, 3.05) is 0 Å². The van der Waals surface area contributed by atoms with Gasteiger partial charge < -0.3 is 0 Å². The zero-order valence-corrected chi connectivity index (χ0v) is 15.3. The molecule has 1 atom stereocenters. The van der Waals surface area contributed by atoms with Gasteiger partial charge in [0.25, 0.3) is 0 Å². The van der Waals surface area contributed by atoms with Crippen LogP contribution in [0.1, 0.15) is 37.0 Å². The fourth-order valence-corrected chi connectivity index (χ4v) is 4.07. The van der Waals surface area contributed by atoms with E-state index in [0.29, 0.717) is 0 Å². The number of hydrogen-bond donors (Lipinski definition) is 0. The van der Waals surface area contributed by atoms with Crippen molar-refractivity contribution in [3.05, 3.63) is 83.4 Å². The van der Waals surface area contributed by atoms with Crippen LogP contribution in [0.4, 0.5) is 0 Å². The van der Waals surface area contributed by atoms with E-state index in [4.69, 9.17) is 0 Å². The first-order chi connectivity index (χ1) is 12.2. The lowest BCUT2D eigenvalue weighted by Gasteiger charge is -2.22. The highest BCUT2D eigenvalue weighted by Crippen LogP contribution is 2.31. The molecule has 0 nitrogen and oxygen atoms in total. The Morgan fingerprint density at radius 3 is 2.32 bits per heavy atom. The number of hydrogen-bond acceptors (Lipinski definition) is 0. The third kappa shape index (κ3) is 3.26. The molecule has 25 heavy (non-hydrogen) atoms. The van der Waals surface area contributed by atoms with Crippen LogP contribution >= 0.6 is 0 Å². The zero-order chi connectivity index (χ0) is 17.2. The maximum Gasteiger partial charge on any atom is -0.0152 e. The summed E-state index contributed by atoms with van der Waals surface area (Å²) >= 11 is 0. The Balaban J connectivity index is 1.65. The summed E-state index contributed by atoms with van der Waals surface area (Å²) in [5.74, 6) is 0.830. The van der Waals surface area contributed by atoms with E-state index < -0.39 is 0 Å². The Morgan fingerprint density at radius 1 is 0.800 bits per heavy atom. The molecule has 0 spiro atoms. The highest BCUT2D eigenvalue weighted by Gasteiger charge is 2.15. The highest BCUT2D eigenvalue weighted by atomic mass is 14.2. The van der Waals surface area contributed by atoms with Crippen molar-refractivity contribution in [3.8, 4) is 22.3 Å². The van der Waals surface area contributed by atoms with Gasteiger partial charge in [0.1, 0.15) is 0 Å². The molecule has 0 saturated carbocycles. The summed E-state index contributed by atoms with van der Waals surface area (Å²) in [7, 11) is 0. The minimum Gasteiger partial charge on any atom is -0.0622 e. The SMILES string of the molecule is CCc1ccccc1-c1ccc(-c2ccc3c(c2)CCC(C)C3)cc1. The van der Waals surface area contributed by atoms with E-state index in [-0.39, 0.29) is 0 Å². The van der Waals surface area contributed by atoms with Crippen LogP contribution in [0, 0.1) is 5.92 Å². The van der Waals surface area contributed by atoms with Crippen LogP contribution in [0.15, 0.2) is 66.7 Å². The van der Waals surface area contributed by atoms with Crippen molar-refractivity contribution in [2.45, 2.75) is 39.5 Å². The van der Waals surface area contributed by atoms with Crippen molar-refractivity contribution in [1.29, 1.82) is 0 Å². The fraction of sp³-hybridized carbons (Fsp3) is 0.280. The first-order valence-corrected chi connectivity index (χ1v) is 9.55. The lowest BCUT2D eigenvalue weighted by Crippen LogP contribution is -2.11. The van der Waals surface area contributed by atoms with E-state index >= 15 is 0 Å². The average Bonchev–Trinajstić information content (AvgIpc) is 2.67. The molecule has 0 saturated heterocycles. The fourth-order valence-electron chi connectivity index (χ4n) is 4.07. The van der Waals surface area contributed by atoms with Crippen molar-refractivity contribution in [2.24, 2.45) is 5.92 Å². The van der Waals surface area contributed by atoms with E-state index in [2.05, 4.69) is 80.6 Å². The van der Waals surface area contributed by atoms with Crippen LogP contribution in [0.3, 0.4) is 0 Å². The van der Waals surface area contributed by atoms with Gasteiger partial charge in [-0.3, -0.25) is 0 Å². The zero-order valence-electron chi connectivity index (χ0n) is 15.3. The smallest absolute Gasteiger partial charge is 0.0152 e. The predicted molar refractivity (Wildman–Crippen MR) is 108 cm³/mol. The van der Waals surface area contributed by atoms with Crippen LogP contribution < -0.4 is 0 Å². The largest absolute Gasteiger partial charge is 0.0622 e. The molecule has 4 rings (SSSR count). The molecular formula is C25H26. The lowest BCUT2D eigenvalue weighted by molar-refractivity contribution is 0.501. The Labute approximate surface area is 151 Å². The van der Waals surface area contributed by atoms with Gasteiger partial charge in [0.2, 0.25) is 0 Å². The lowest BCUT2D eigenvalue weighted by atomic mass is 9.83. The number of rotatable bonds is 3. The van der Waals surface area contributed by atoms with Gasteiger partial charge in [0, 0.05) is 0 Å². The van der Waals surface area contributed by atoms with E-state index in [1.807, 2.05) is 0 Å². The second-order valence-electron chi connectivity index (χ2n) is 7.42. The summed E-state index contributed by atoms with van der Waals surface area (Å²) in [6.07, 6.45) is 4.86. The molecular weight excluding hydrogens is 300 g/mol. The maximum absolute atomic E-state index is 2.41. The summed E-state index contributed by atoms with van der Waals surface area (Å²) in [5.41, 5.74) is 9.86. The topological polar surface area (TPSA) is 0 Å². The molecule has 3 aromatic rings. The molecule has 0 radical (unpaired) electrons. The van der Waals surface area contributed by atoms with Gasteiger partial charge in [-0.2, -0.15) is 0 Å². The Bertz CT molecular complexity index is 871. The molecule has 0 heteroatoms. The van der Waals surface area contributed by atoms with Crippen molar-refractivity contribution < 1.29 is 0 Å². The second kappa shape index (κ2) is 6.88. The minimum absolute atomic E-state index is 0.830. The van der Waals surface area contributed by atoms with Crippen LogP contribution in [0.2, 0.25) is 0 Å². The number of aryl methyl sites for hydroxylation is 2. The van der Waals surface area contributed by atoms with Crippen LogP contribution in [-0.2, 0) is 19.3 Å². The van der Waals surface area contributed by atoms with E-state index in [1.165, 1.54) is 47.1 Å². The number of benzene rings is 3. The Hall–Kier alpha value is -2.34. The van der Waals surface area contributed by atoms with Gasteiger partial charge in [0.05, 0.1) is 0 Å². The molecule has 1 unspecified atom stereocenters. The van der Waals surface area contributed by atoms with Crippen LogP contribution in [-0.4, -0.2) is 0 Å². The van der Waals surface area contributed by atoms with Gasteiger partial charge in [0.15, 0.2) is 0 Å². The third-order valence-electron chi connectivity index (χ3n) is 5.61. The summed E-state index contributed by atoms with van der Waals surface area (Å²) in [6.45, 7) is 4.59. The van der Waals surface area contributed by atoms with E-state index in [9.17, 15) is 0 Å². The Morgan fingerprint density at radius 2 is 1.52 bits per heavy atom. The first kappa shape index (κ1) is 16.1. The maximum atomic E-state index is 2.41. The molecule has 0 bridgehead atoms. The van der Waals surface area contributed by atoms with Crippen molar-refractivity contribution >= 4 is 0 Å². The monoisotopic (exact) mass is 326 g/mol. The summed E-state index contributed by atoms with van der Waals surface area (Å²) in [6, 6.07) is 24.9. The van der Waals surface area contributed by atoms with E-state index in [0.717, 1.165) is 12.3 Å². The van der Waals surface area contributed by atoms with Crippen molar-refractivity contribution in [1.82, 2.24) is 0 Å². The third-order valence-corrected chi connectivity index (χ3v) is 5.61. The highest BCUT2D eigenvalue weighted by molar-refractivity contribution is 5.72. The standard InChI is InChI=1S/C25H26/c1-3-19-6-4-5-7-25(19)21-12-10-20(11-13-21)23-15-14-22-16-18(2)8-9-24(22)17-23/h4-7,10-15,17-18H,3,8-9,16H2,1-2H3. The van der Waals surface area contributed by atoms with E-state index in [1.54, 1.807) is 11.1 Å². The molecule has 0 aliphatic heterocycles. The van der Waals surface area contributed by atoms with Crippen LogP contribution in [0.25, 0.3) is 22.3 Å². The molecule has 0 aromatic heterocycles. The predicted octanol–water partition coefficient (Wildman–Crippen LogP) is 6.71. The molecule has 0 fully saturated rings. The van der Waals surface area contributed by atoms with Gasteiger partial charge in [-0.1, -0.05) is 80.6 Å².